The third kappa shape index (κ3) is 4.59. The van der Waals surface area contributed by atoms with Crippen molar-refractivity contribution >= 4 is 34.4 Å². The van der Waals surface area contributed by atoms with Crippen LogP contribution in [0.1, 0.15) is 21.7 Å². The van der Waals surface area contributed by atoms with E-state index in [9.17, 15) is 4.79 Å². The Balaban J connectivity index is 1.27. The van der Waals surface area contributed by atoms with E-state index in [0.717, 1.165) is 28.2 Å². The highest BCUT2D eigenvalue weighted by Crippen LogP contribution is 2.20. The Morgan fingerprint density at radius 1 is 0.879 bits per heavy atom. The second kappa shape index (κ2) is 8.82. The molecular formula is C25H25N7O. The largest absolute Gasteiger partial charge is 0.340 e. The molecule has 0 aliphatic carbocycles. The lowest BCUT2D eigenvalue weighted by Crippen LogP contribution is -2.49. The van der Waals surface area contributed by atoms with Crippen LogP contribution < -0.4 is 10.2 Å². The van der Waals surface area contributed by atoms with Gasteiger partial charge < -0.3 is 15.1 Å². The zero-order valence-electron chi connectivity index (χ0n) is 18.7. The number of nitrogens with zero attached hydrogens (tertiary/aromatic N) is 6. The Hall–Kier alpha value is -4.07. The lowest BCUT2D eigenvalue weighted by Gasteiger charge is -2.34. The predicted octanol–water partition coefficient (Wildman–Crippen LogP) is 3.74. The van der Waals surface area contributed by atoms with E-state index in [2.05, 4.69) is 44.2 Å². The van der Waals surface area contributed by atoms with Gasteiger partial charge in [-0.1, -0.05) is 29.8 Å². The highest BCUT2D eigenvalue weighted by atomic mass is 16.2. The van der Waals surface area contributed by atoms with Gasteiger partial charge in [-0.25, -0.2) is 9.97 Å². The number of anilines is 3. The first-order valence-corrected chi connectivity index (χ1v) is 11.0. The summed E-state index contributed by atoms with van der Waals surface area (Å²) in [6.07, 6.45) is 1.56. The predicted molar refractivity (Wildman–Crippen MR) is 129 cm³/mol. The number of rotatable bonds is 4. The molecule has 0 radical (unpaired) electrons. The monoisotopic (exact) mass is 439 g/mol. The van der Waals surface area contributed by atoms with E-state index in [4.69, 9.17) is 4.98 Å². The Kier molecular flexibility index (Phi) is 5.56. The molecule has 0 spiro atoms. The highest BCUT2D eigenvalue weighted by molar-refractivity contribution is 5.94. The Labute approximate surface area is 192 Å². The molecule has 8 nitrogen and oxygen atoms in total. The Morgan fingerprint density at radius 3 is 2.36 bits per heavy atom. The fourth-order valence-electron chi connectivity index (χ4n) is 3.87. The van der Waals surface area contributed by atoms with Crippen molar-refractivity contribution in [3.05, 3.63) is 77.7 Å². The summed E-state index contributed by atoms with van der Waals surface area (Å²) in [4.78, 5) is 35.1. The normalized spacial score (nSPS) is 13.9. The zero-order chi connectivity index (χ0) is 22.8. The van der Waals surface area contributed by atoms with Crippen molar-refractivity contribution in [2.75, 3.05) is 36.4 Å². The average Bonchev–Trinajstić information content (AvgIpc) is 2.84. The molecule has 1 saturated heterocycles. The van der Waals surface area contributed by atoms with Crippen LogP contribution in [0.15, 0.2) is 60.8 Å². The van der Waals surface area contributed by atoms with E-state index in [1.165, 1.54) is 5.56 Å². The summed E-state index contributed by atoms with van der Waals surface area (Å²) >= 11 is 0. The van der Waals surface area contributed by atoms with E-state index in [-0.39, 0.29) is 5.91 Å². The van der Waals surface area contributed by atoms with Gasteiger partial charge in [0.1, 0.15) is 11.5 Å². The lowest BCUT2D eigenvalue weighted by molar-refractivity contribution is 0.0740. The van der Waals surface area contributed by atoms with E-state index < -0.39 is 0 Å². The molecular weight excluding hydrogens is 414 g/mol. The molecule has 2 aromatic heterocycles. The number of aryl methyl sites for hydroxylation is 2. The van der Waals surface area contributed by atoms with Crippen molar-refractivity contribution in [2.24, 2.45) is 0 Å². The highest BCUT2D eigenvalue weighted by Gasteiger charge is 2.25. The number of nitrogens with one attached hydrogen (secondary N) is 1. The topological polar surface area (TPSA) is 87.1 Å². The number of piperazine rings is 1. The first-order valence-electron chi connectivity index (χ1n) is 11.0. The van der Waals surface area contributed by atoms with Crippen molar-refractivity contribution in [3.8, 4) is 0 Å². The van der Waals surface area contributed by atoms with Gasteiger partial charge in [0.15, 0.2) is 0 Å². The van der Waals surface area contributed by atoms with Crippen LogP contribution in [0, 0.1) is 13.8 Å². The standard InChI is InChI=1S/C25H25N7O/c1-17-7-9-19(10-8-17)28-23-15-18(2)27-25(30-23)32-13-11-31(12-14-32)24(33)22-16-26-20-5-3-4-6-21(20)29-22/h3-10,15-16H,11-14H2,1-2H3,(H,27,28,30). The number of aromatic nitrogens is 4. The summed E-state index contributed by atoms with van der Waals surface area (Å²) in [5.74, 6) is 1.33. The van der Waals surface area contributed by atoms with E-state index in [1.807, 2.05) is 54.3 Å². The summed E-state index contributed by atoms with van der Waals surface area (Å²) in [6, 6.07) is 17.7. The van der Waals surface area contributed by atoms with Crippen LogP contribution in [0.5, 0.6) is 0 Å². The average molecular weight is 440 g/mol. The van der Waals surface area contributed by atoms with E-state index in [0.29, 0.717) is 37.8 Å². The van der Waals surface area contributed by atoms with Crippen LogP contribution in [-0.2, 0) is 0 Å². The zero-order valence-corrected chi connectivity index (χ0v) is 18.7. The van der Waals surface area contributed by atoms with Gasteiger partial charge in [0.2, 0.25) is 5.95 Å². The molecule has 8 heteroatoms. The summed E-state index contributed by atoms with van der Waals surface area (Å²) in [6.45, 7) is 6.48. The van der Waals surface area contributed by atoms with Crippen LogP contribution >= 0.6 is 0 Å². The number of benzene rings is 2. The van der Waals surface area contributed by atoms with Crippen LogP contribution in [-0.4, -0.2) is 56.9 Å². The molecule has 5 rings (SSSR count). The Bertz CT molecular complexity index is 1300. The third-order valence-corrected chi connectivity index (χ3v) is 5.68. The maximum Gasteiger partial charge on any atom is 0.274 e. The van der Waals surface area contributed by atoms with Gasteiger partial charge in [0, 0.05) is 43.6 Å². The fourth-order valence-corrected chi connectivity index (χ4v) is 3.87. The second-order valence-corrected chi connectivity index (χ2v) is 8.21. The van der Waals surface area contributed by atoms with Gasteiger partial charge in [-0.2, -0.15) is 4.98 Å². The summed E-state index contributed by atoms with van der Waals surface area (Å²) in [5.41, 5.74) is 4.96. The fraction of sp³-hybridized carbons (Fsp3) is 0.240. The van der Waals surface area contributed by atoms with Gasteiger partial charge >= 0.3 is 0 Å². The smallest absolute Gasteiger partial charge is 0.274 e. The van der Waals surface area contributed by atoms with Crippen molar-refractivity contribution in [1.82, 2.24) is 24.8 Å². The van der Waals surface area contributed by atoms with Crippen LogP contribution in [0.3, 0.4) is 0 Å². The molecule has 33 heavy (non-hydrogen) atoms. The van der Waals surface area contributed by atoms with E-state index in [1.54, 1.807) is 6.20 Å². The molecule has 1 aliphatic rings. The van der Waals surface area contributed by atoms with Gasteiger partial charge in [-0.05, 0) is 38.1 Å². The quantitative estimate of drug-likeness (QED) is 0.518. The minimum Gasteiger partial charge on any atom is -0.340 e. The lowest BCUT2D eigenvalue weighted by atomic mass is 10.2. The van der Waals surface area contributed by atoms with Gasteiger partial charge in [-0.15, -0.1) is 0 Å². The molecule has 1 fully saturated rings. The molecule has 1 aliphatic heterocycles. The molecule has 2 aromatic carbocycles. The first kappa shape index (κ1) is 20.8. The molecule has 3 heterocycles. The number of hydrogen-bond acceptors (Lipinski definition) is 7. The molecule has 0 bridgehead atoms. The van der Waals surface area contributed by atoms with Crippen molar-refractivity contribution in [2.45, 2.75) is 13.8 Å². The molecule has 4 aromatic rings. The molecule has 166 valence electrons. The van der Waals surface area contributed by atoms with Crippen LogP contribution in [0.25, 0.3) is 11.0 Å². The Morgan fingerprint density at radius 2 is 1.61 bits per heavy atom. The summed E-state index contributed by atoms with van der Waals surface area (Å²) in [7, 11) is 0. The number of hydrogen-bond donors (Lipinski definition) is 1. The van der Waals surface area contributed by atoms with Crippen LogP contribution in [0.4, 0.5) is 17.5 Å². The molecule has 0 saturated carbocycles. The molecule has 1 N–H and O–H groups in total. The van der Waals surface area contributed by atoms with Crippen molar-refractivity contribution in [1.29, 1.82) is 0 Å². The van der Waals surface area contributed by atoms with Crippen molar-refractivity contribution in [3.63, 3.8) is 0 Å². The van der Waals surface area contributed by atoms with Gasteiger partial charge in [0.25, 0.3) is 5.91 Å². The maximum absolute atomic E-state index is 13.0. The summed E-state index contributed by atoms with van der Waals surface area (Å²) < 4.78 is 0. The second-order valence-electron chi connectivity index (χ2n) is 8.21. The molecule has 1 amide bonds. The van der Waals surface area contributed by atoms with Gasteiger partial charge in [-0.3, -0.25) is 9.78 Å². The van der Waals surface area contributed by atoms with Crippen LogP contribution in [0.2, 0.25) is 0 Å². The van der Waals surface area contributed by atoms with Gasteiger partial charge in [0.05, 0.1) is 17.2 Å². The number of carbonyl (C=O) groups is 1. The number of fused-ring (bicyclic) bond motifs is 1. The number of carbonyl (C=O) groups excluding carboxylic acids is 1. The SMILES string of the molecule is Cc1ccc(Nc2cc(C)nc(N3CCN(C(=O)c4cnc5ccccc5n4)CC3)n2)cc1. The third-order valence-electron chi connectivity index (χ3n) is 5.68. The molecule has 0 atom stereocenters. The van der Waals surface area contributed by atoms with Crippen molar-refractivity contribution < 1.29 is 4.79 Å². The van der Waals surface area contributed by atoms with E-state index >= 15 is 0 Å². The summed E-state index contributed by atoms with van der Waals surface area (Å²) in [5, 5.41) is 3.36. The minimum absolute atomic E-state index is 0.0974. The first-order chi connectivity index (χ1) is 16.0. The number of amides is 1. The number of para-hydroxylation sites is 2. The minimum atomic E-state index is -0.0974. The maximum atomic E-state index is 13.0. The molecule has 0 unspecified atom stereocenters.